The Morgan fingerprint density at radius 1 is 1.24 bits per heavy atom. The standard InChI is InChI=1S/C15H22BrN3O2/c16-13-8-17-15(18-9-13)21-11-12-2-1-5-19(10-12)14-3-6-20-7-4-14/h8-9,12,14H,1-7,10-11H2. The predicted molar refractivity (Wildman–Crippen MR) is 83.4 cm³/mol. The summed E-state index contributed by atoms with van der Waals surface area (Å²) in [6.45, 7) is 4.88. The first-order valence-corrected chi connectivity index (χ1v) is 8.52. The van der Waals surface area contributed by atoms with E-state index >= 15 is 0 Å². The number of aromatic nitrogens is 2. The molecule has 0 amide bonds. The Labute approximate surface area is 134 Å². The van der Waals surface area contributed by atoms with E-state index in [0.29, 0.717) is 24.6 Å². The molecule has 0 N–H and O–H groups in total. The zero-order valence-corrected chi connectivity index (χ0v) is 13.8. The van der Waals surface area contributed by atoms with E-state index in [1.807, 2.05) is 0 Å². The van der Waals surface area contributed by atoms with Crippen molar-refractivity contribution in [2.24, 2.45) is 5.92 Å². The minimum atomic E-state index is 0.474. The van der Waals surface area contributed by atoms with Crippen molar-refractivity contribution in [1.82, 2.24) is 14.9 Å². The number of hydrogen-bond acceptors (Lipinski definition) is 5. The van der Waals surface area contributed by atoms with Crippen LogP contribution in [0.1, 0.15) is 25.7 Å². The lowest BCUT2D eigenvalue weighted by Gasteiger charge is -2.39. The molecule has 2 fully saturated rings. The molecule has 116 valence electrons. The number of piperidine rings is 1. The van der Waals surface area contributed by atoms with E-state index in [-0.39, 0.29) is 0 Å². The summed E-state index contributed by atoms with van der Waals surface area (Å²) in [4.78, 5) is 10.9. The van der Waals surface area contributed by atoms with Crippen molar-refractivity contribution in [3.05, 3.63) is 16.9 Å². The Hall–Kier alpha value is -0.720. The number of hydrogen-bond donors (Lipinski definition) is 0. The molecule has 2 aliphatic heterocycles. The molecule has 2 saturated heterocycles. The Balaban J connectivity index is 1.48. The number of ether oxygens (including phenoxy) is 2. The van der Waals surface area contributed by atoms with E-state index in [4.69, 9.17) is 9.47 Å². The second kappa shape index (κ2) is 7.51. The second-order valence-corrected chi connectivity index (χ2v) is 6.76. The molecule has 1 unspecified atom stereocenters. The molecular weight excluding hydrogens is 334 g/mol. The number of rotatable bonds is 4. The molecule has 2 aliphatic rings. The van der Waals surface area contributed by atoms with Gasteiger partial charge in [-0.1, -0.05) is 0 Å². The largest absolute Gasteiger partial charge is 0.463 e. The Bertz CT molecular complexity index is 437. The first-order valence-electron chi connectivity index (χ1n) is 7.73. The minimum absolute atomic E-state index is 0.474. The van der Waals surface area contributed by atoms with E-state index in [1.165, 1.54) is 32.2 Å². The molecule has 3 heterocycles. The van der Waals surface area contributed by atoms with Crippen molar-refractivity contribution in [2.45, 2.75) is 31.7 Å². The molecule has 1 aromatic heterocycles. The van der Waals surface area contributed by atoms with Gasteiger partial charge in [-0.05, 0) is 48.2 Å². The first-order chi connectivity index (χ1) is 10.3. The summed E-state index contributed by atoms with van der Waals surface area (Å²) >= 11 is 3.33. The minimum Gasteiger partial charge on any atom is -0.463 e. The summed E-state index contributed by atoms with van der Waals surface area (Å²) in [5, 5.41) is 0. The Morgan fingerprint density at radius 2 is 2.00 bits per heavy atom. The van der Waals surface area contributed by atoms with Gasteiger partial charge in [0.2, 0.25) is 0 Å². The molecule has 1 aromatic rings. The monoisotopic (exact) mass is 355 g/mol. The van der Waals surface area contributed by atoms with Crippen molar-refractivity contribution in [3.63, 3.8) is 0 Å². The van der Waals surface area contributed by atoms with Crippen LogP contribution in [0.4, 0.5) is 0 Å². The van der Waals surface area contributed by atoms with Crippen LogP contribution in [-0.2, 0) is 4.74 Å². The third-order valence-electron chi connectivity index (χ3n) is 4.30. The average Bonchev–Trinajstić information content (AvgIpc) is 2.55. The maximum absolute atomic E-state index is 5.74. The van der Waals surface area contributed by atoms with Gasteiger partial charge >= 0.3 is 6.01 Å². The SMILES string of the molecule is Brc1cnc(OCC2CCCN(C3CCOCC3)C2)nc1. The van der Waals surface area contributed by atoms with Gasteiger partial charge in [-0.3, -0.25) is 4.90 Å². The van der Waals surface area contributed by atoms with Gasteiger partial charge in [-0.2, -0.15) is 0 Å². The van der Waals surface area contributed by atoms with E-state index < -0.39 is 0 Å². The topological polar surface area (TPSA) is 47.5 Å². The third kappa shape index (κ3) is 4.37. The van der Waals surface area contributed by atoms with Crippen LogP contribution in [0.5, 0.6) is 6.01 Å². The molecular formula is C15H22BrN3O2. The molecule has 0 saturated carbocycles. The fraction of sp³-hybridized carbons (Fsp3) is 0.733. The first kappa shape index (κ1) is 15.2. The third-order valence-corrected chi connectivity index (χ3v) is 4.71. The van der Waals surface area contributed by atoms with Gasteiger partial charge in [-0.25, -0.2) is 9.97 Å². The van der Waals surface area contributed by atoms with Gasteiger partial charge < -0.3 is 9.47 Å². The lowest BCUT2D eigenvalue weighted by molar-refractivity contribution is 0.0122. The summed E-state index contributed by atoms with van der Waals surface area (Å²) < 4.78 is 12.1. The van der Waals surface area contributed by atoms with Gasteiger partial charge in [0.15, 0.2) is 0 Å². The fourth-order valence-corrected chi connectivity index (χ4v) is 3.39. The van der Waals surface area contributed by atoms with Gasteiger partial charge in [0.05, 0.1) is 11.1 Å². The van der Waals surface area contributed by atoms with Crippen LogP contribution in [0.25, 0.3) is 0 Å². The number of halogens is 1. The lowest BCUT2D eigenvalue weighted by atomic mass is 9.95. The highest BCUT2D eigenvalue weighted by Crippen LogP contribution is 2.23. The van der Waals surface area contributed by atoms with Crippen LogP contribution in [0, 0.1) is 5.92 Å². The molecule has 5 nitrogen and oxygen atoms in total. The summed E-state index contributed by atoms with van der Waals surface area (Å²) in [5.74, 6) is 0.578. The summed E-state index contributed by atoms with van der Waals surface area (Å²) in [6, 6.07) is 1.17. The molecule has 0 bridgehead atoms. The van der Waals surface area contributed by atoms with Crippen LogP contribution in [0.2, 0.25) is 0 Å². The average molecular weight is 356 g/mol. The van der Waals surface area contributed by atoms with Crippen molar-refractivity contribution < 1.29 is 9.47 Å². The van der Waals surface area contributed by atoms with Crippen molar-refractivity contribution in [2.75, 3.05) is 32.9 Å². The van der Waals surface area contributed by atoms with Crippen LogP contribution in [0.3, 0.4) is 0 Å². The molecule has 0 spiro atoms. The zero-order valence-electron chi connectivity index (χ0n) is 12.2. The van der Waals surface area contributed by atoms with Gasteiger partial charge in [-0.15, -0.1) is 0 Å². The van der Waals surface area contributed by atoms with Crippen LogP contribution < -0.4 is 4.74 Å². The maximum atomic E-state index is 5.74. The van der Waals surface area contributed by atoms with Gasteiger partial charge in [0.25, 0.3) is 0 Å². The van der Waals surface area contributed by atoms with E-state index in [9.17, 15) is 0 Å². The molecule has 6 heteroatoms. The van der Waals surface area contributed by atoms with Crippen LogP contribution in [0.15, 0.2) is 16.9 Å². The quantitative estimate of drug-likeness (QED) is 0.830. The second-order valence-electron chi connectivity index (χ2n) is 5.84. The fourth-order valence-electron chi connectivity index (χ4n) is 3.18. The number of likely N-dealkylation sites (tertiary alicyclic amines) is 1. The Kier molecular flexibility index (Phi) is 5.43. The van der Waals surface area contributed by atoms with Crippen molar-refractivity contribution in [1.29, 1.82) is 0 Å². The van der Waals surface area contributed by atoms with E-state index in [1.54, 1.807) is 12.4 Å². The highest BCUT2D eigenvalue weighted by molar-refractivity contribution is 9.10. The molecule has 0 aromatic carbocycles. The number of nitrogens with zero attached hydrogens (tertiary/aromatic N) is 3. The molecule has 3 rings (SSSR count). The summed E-state index contributed by atoms with van der Waals surface area (Å²) in [5.41, 5.74) is 0. The molecule has 1 atom stereocenters. The Morgan fingerprint density at radius 3 is 2.76 bits per heavy atom. The molecule has 0 radical (unpaired) electrons. The van der Waals surface area contributed by atoms with Crippen LogP contribution >= 0.6 is 15.9 Å². The smallest absolute Gasteiger partial charge is 0.316 e. The summed E-state index contributed by atoms with van der Waals surface area (Å²) in [6.07, 6.45) is 8.27. The normalized spacial score (nSPS) is 24.9. The lowest BCUT2D eigenvalue weighted by Crippen LogP contribution is -2.46. The van der Waals surface area contributed by atoms with Crippen molar-refractivity contribution in [3.8, 4) is 6.01 Å². The highest BCUT2D eigenvalue weighted by Gasteiger charge is 2.27. The zero-order chi connectivity index (χ0) is 14.5. The molecule has 21 heavy (non-hydrogen) atoms. The highest BCUT2D eigenvalue weighted by atomic mass is 79.9. The van der Waals surface area contributed by atoms with E-state index in [0.717, 1.165) is 24.2 Å². The van der Waals surface area contributed by atoms with Gasteiger partial charge in [0.1, 0.15) is 0 Å². The summed E-state index contributed by atoms with van der Waals surface area (Å²) in [7, 11) is 0. The predicted octanol–water partition coefficient (Wildman–Crippen LogP) is 2.51. The van der Waals surface area contributed by atoms with E-state index in [2.05, 4.69) is 30.8 Å². The van der Waals surface area contributed by atoms with Gasteiger partial charge in [0, 0.05) is 44.1 Å². The molecule has 0 aliphatic carbocycles. The van der Waals surface area contributed by atoms with Crippen molar-refractivity contribution >= 4 is 15.9 Å². The maximum Gasteiger partial charge on any atom is 0.316 e. The van der Waals surface area contributed by atoms with Crippen LogP contribution in [-0.4, -0.2) is 53.8 Å².